The molecule has 1 aliphatic carbocycles. The van der Waals surface area contributed by atoms with Crippen molar-refractivity contribution in [2.45, 2.75) is 41.0 Å². The molecule has 0 nitrogen and oxygen atoms in total. The molecule has 0 saturated carbocycles. The van der Waals surface area contributed by atoms with E-state index in [0.717, 1.165) is 12.0 Å². The molecule has 1 aliphatic rings. The molecule has 0 N–H and O–H groups in total. The van der Waals surface area contributed by atoms with Gasteiger partial charge in [-0.2, -0.15) is 0 Å². The summed E-state index contributed by atoms with van der Waals surface area (Å²) < 4.78 is 0. The Balaban J connectivity index is -0.000000258. The van der Waals surface area contributed by atoms with Crippen molar-refractivity contribution in [3.63, 3.8) is 0 Å². The van der Waals surface area contributed by atoms with Gasteiger partial charge in [0.25, 0.3) is 0 Å². The standard InChI is InChI=1S/C10H11.2C2H6.W/c1-9(2)8-10-6-4-3-5-7-10;2*1-2;/h1,3-6,8H,7H2,2H3;2*1-2H3;/q-1;;;/b10-8-;;;. The molecule has 0 radical (unpaired) electrons. The first-order valence-electron chi connectivity index (χ1n) is 5.42. The van der Waals surface area contributed by atoms with Crippen LogP contribution in [0.5, 0.6) is 0 Å². The Morgan fingerprint density at radius 1 is 1.20 bits per heavy atom. The zero-order valence-electron chi connectivity index (χ0n) is 10.6. The molecule has 0 aromatic carbocycles. The van der Waals surface area contributed by atoms with Gasteiger partial charge in [-0.1, -0.05) is 58.9 Å². The monoisotopic (exact) mass is 375 g/mol. The first-order chi connectivity index (χ1) is 6.79. The molecule has 0 atom stereocenters. The van der Waals surface area contributed by atoms with E-state index in [0.29, 0.717) is 0 Å². The van der Waals surface area contributed by atoms with Gasteiger partial charge in [-0.15, -0.1) is 5.57 Å². The van der Waals surface area contributed by atoms with Crippen LogP contribution in [0.4, 0.5) is 0 Å². The van der Waals surface area contributed by atoms with Gasteiger partial charge >= 0.3 is 0 Å². The van der Waals surface area contributed by atoms with Gasteiger partial charge in [-0.25, -0.2) is 11.6 Å². The minimum absolute atomic E-state index is 0. The molecule has 0 saturated heterocycles. The van der Waals surface area contributed by atoms with Crippen molar-refractivity contribution in [2.75, 3.05) is 0 Å². The molecule has 0 aromatic heterocycles. The molecule has 15 heavy (non-hydrogen) atoms. The average Bonchev–Trinajstić information content (AvgIpc) is 2.24. The third kappa shape index (κ3) is 13.6. The van der Waals surface area contributed by atoms with Gasteiger partial charge in [-0.05, 0) is 6.42 Å². The maximum atomic E-state index is 5.51. The SMILES string of the molecule is CC.CC.[CH-]=C(C)/C=C1/C=CC=CC1.[W]. The number of hydrogen-bond donors (Lipinski definition) is 0. The van der Waals surface area contributed by atoms with Crippen LogP contribution in [0.15, 0.2) is 41.5 Å². The molecular weight excluding hydrogens is 352 g/mol. The van der Waals surface area contributed by atoms with Crippen LogP contribution in [0, 0.1) is 6.58 Å². The summed E-state index contributed by atoms with van der Waals surface area (Å²) in [7, 11) is 0. The molecule has 0 fully saturated rings. The van der Waals surface area contributed by atoms with Gasteiger partial charge in [0.15, 0.2) is 0 Å². The average molecular weight is 375 g/mol. The first-order valence-corrected chi connectivity index (χ1v) is 5.42. The fourth-order valence-electron chi connectivity index (χ4n) is 0.929. The van der Waals surface area contributed by atoms with Gasteiger partial charge < -0.3 is 0 Å². The van der Waals surface area contributed by atoms with Gasteiger partial charge in [0.2, 0.25) is 0 Å². The molecule has 0 aliphatic heterocycles. The molecule has 86 valence electrons. The third-order valence-corrected chi connectivity index (χ3v) is 1.32. The van der Waals surface area contributed by atoms with Crippen molar-refractivity contribution in [3.05, 3.63) is 48.1 Å². The summed E-state index contributed by atoms with van der Waals surface area (Å²) in [4.78, 5) is 0. The predicted octanol–water partition coefficient (Wildman–Crippen LogP) is 4.86. The van der Waals surface area contributed by atoms with E-state index in [2.05, 4.69) is 12.2 Å². The second kappa shape index (κ2) is 16.1. The van der Waals surface area contributed by atoms with Crippen LogP contribution in [-0.4, -0.2) is 0 Å². The number of hydrogen-bond acceptors (Lipinski definition) is 0. The fourth-order valence-corrected chi connectivity index (χ4v) is 0.929. The van der Waals surface area contributed by atoms with Crippen LogP contribution in [0.25, 0.3) is 0 Å². The second-order valence-corrected chi connectivity index (χ2v) is 2.45. The Morgan fingerprint density at radius 2 is 1.73 bits per heavy atom. The molecule has 1 heteroatoms. The minimum atomic E-state index is 0. The number of allylic oxidation sites excluding steroid dienone is 7. The number of rotatable bonds is 1. The van der Waals surface area contributed by atoms with Crippen molar-refractivity contribution in [3.8, 4) is 0 Å². The predicted molar refractivity (Wildman–Crippen MR) is 67.2 cm³/mol. The van der Waals surface area contributed by atoms with E-state index in [9.17, 15) is 0 Å². The van der Waals surface area contributed by atoms with E-state index < -0.39 is 0 Å². The maximum absolute atomic E-state index is 5.51. The molecule has 0 aromatic rings. The van der Waals surface area contributed by atoms with Crippen molar-refractivity contribution in [1.82, 2.24) is 0 Å². The second-order valence-electron chi connectivity index (χ2n) is 2.45. The topological polar surface area (TPSA) is 0 Å². The van der Waals surface area contributed by atoms with Crippen LogP contribution < -0.4 is 0 Å². The van der Waals surface area contributed by atoms with E-state index in [1.165, 1.54) is 5.57 Å². The normalized spacial score (nSPS) is 14.1. The van der Waals surface area contributed by atoms with E-state index in [1.54, 1.807) is 0 Å². The fraction of sp³-hybridized carbons (Fsp3) is 0.429. The molecule has 0 spiro atoms. The van der Waals surface area contributed by atoms with Gasteiger partial charge in [0, 0.05) is 21.1 Å². The summed E-state index contributed by atoms with van der Waals surface area (Å²) in [5.41, 5.74) is 2.15. The first kappa shape index (κ1) is 20.1. The molecule has 0 bridgehead atoms. The van der Waals surface area contributed by atoms with E-state index in [4.69, 9.17) is 6.58 Å². The minimum Gasteiger partial charge on any atom is -0.290 e. The molecule has 0 amide bonds. The summed E-state index contributed by atoms with van der Waals surface area (Å²) in [6.45, 7) is 15.4. The van der Waals surface area contributed by atoms with Crippen molar-refractivity contribution in [1.29, 1.82) is 0 Å². The summed E-state index contributed by atoms with van der Waals surface area (Å²) in [6, 6.07) is 0. The summed E-state index contributed by atoms with van der Waals surface area (Å²) in [6.07, 6.45) is 11.3. The maximum Gasteiger partial charge on any atom is 0 e. The van der Waals surface area contributed by atoms with Gasteiger partial charge in [-0.3, -0.25) is 6.58 Å². The molecule has 1 rings (SSSR count). The van der Waals surface area contributed by atoms with Crippen LogP contribution >= 0.6 is 0 Å². The Hall–Kier alpha value is -0.352. The Morgan fingerprint density at radius 3 is 2.07 bits per heavy atom. The third-order valence-electron chi connectivity index (χ3n) is 1.32. The zero-order valence-corrected chi connectivity index (χ0v) is 13.5. The van der Waals surface area contributed by atoms with Crippen molar-refractivity contribution in [2.24, 2.45) is 0 Å². The summed E-state index contributed by atoms with van der Waals surface area (Å²) in [5, 5.41) is 0. The van der Waals surface area contributed by atoms with Crippen LogP contribution in [-0.2, 0) is 21.1 Å². The van der Waals surface area contributed by atoms with E-state index in [-0.39, 0.29) is 21.1 Å². The zero-order chi connectivity index (χ0) is 11.4. The summed E-state index contributed by atoms with van der Waals surface area (Å²) >= 11 is 0. The molecule has 0 unspecified atom stereocenters. The smallest absolute Gasteiger partial charge is 0 e. The Labute approximate surface area is 110 Å². The molecule has 0 heterocycles. The Bertz CT molecular complexity index is 219. The van der Waals surface area contributed by atoms with Gasteiger partial charge in [0.05, 0.1) is 0 Å². The Kier molecular flexibility index (Phi) is 21.6. The van der Waals surface area contributed by atoms with E-state index in [1.807, 2.05) is 52.8 Å². The molecular formula is C14H23W-. The summed E-state index contributed by atoms with van der Waals surface area (Å²) in [5.74, 6) is 0. The van der Waals surface area contributed by atoms with Gasteiger partial charge in [0.1, 0.15) is 0 Å². The van der Waals surface area contributed by atoms with Crippen LogP contribution in [0.3, 0.4) is 0 Å². The van der Waals surface area contributed by atoms with E-state index >= 15 is 0 Å². The van der Waals surface area contributed by atoms with Crippen molar-refractivity contribution >= 4 is 0 Å². The van der Waals surface area contributed by atoms with Crippen LogP contribution in [0.2, 0.25) is 0 Å². The quantitative estimate of drug-likeness (QED) is 0.575. The largest absolute Gasteiger partial charge is 0.290 e. The van der Waals surface area contributed by atoms with Crippen LogP contribution in [0.1, 0.15) is 41.0 Å². The van der Waals surface area contributed by atoms with Crippen molar-refractivity contribution < 1.29 is 21.1 Å².